The van der Waals surface area contributed by atoms with Crippen molar-refractivity contribution in [3.63, 3.8) is 0 Å². The largest absolute Gasteiger partial charge is 0.493 e. The van der Waals surface area contributed by atoms with Gasteiger partial charge in [0.1, 0.15) is 11.6 Å². The molecule has 5 nitrogen and oxygen atoms in total. The second kappa shape index (κ2) is 12.0. The number of aromatic nitrogens is 2. The number of para-hydroxylation sites is 3. The summed E-state index contributed by atoms with van der Waals surface area (Å²) < 4.78 is 8.37. The van der Waals surface area contributed by atoms with E-state index < -0.39 is 0 Å². The molecular formula is C30H33N3O2. The van der Waals surface area contributed by atoms with Crippen LogP contribution in [0.1, 0.15) is 40.2 Å². The number of benzene rings is 3. The first kappa shape index (κ1) is 24.3. The van der Waals surface area contributed by atoms with Crippen LogP contribution in [-0.4, -0.2) is 28.6 Å². The summed E-state index contributed by atoms with van der Waals surface area (Å²) in [5.41, 5.74) is 5.13. The van der Waals surface area contributed by atoms with Gasteiger partial charge in [-0.15, -0.1) is 6.58 Å². The number of amides is 1. The maximum absolute atomic E-state index is 12.4. The Balaban J connectivity index is 1.33. The molecule has 0 fully saturated rings. The number of aryl methyl sites for hydroxylation is 3. The van der Waals surface area contributed by atoms with Crippen molar-refractivity contribution in [2.75, 3.05) is 13.2 Å². The minimum Gasteiger partial charge on any atom is -0.493 e. The van der Waals surface area contributed by atoms with Gasteiger partial charge in [0, 0.05) is 25.1 Å². The molecule has 1 amide bonds. The van der Waals surface area contributed by atoms with Crippen LogP contribution in [0.3, 0.4) is 0 Å². The molecule has 180 valence electrons. The van der Waals surface area contributed by atoms with Crippen LogP contribution in [0.4, 0.5) is 0 Å². The van der Waals surface area contributed by atoms with Gasteiger partial charge in [-0.2, -0.15) is 0 Å². The molecule has 0 radical (unpaired) electrons. The Morgan fingerprint density at radius 1 is 1.03 bits per heavy atom. The SMILES string of the molecule is C=CCc1ccccc1OCCCn1c(CCCNC(=O)c2ccc(C)cc2)nc2ccccc21. The van der Waals surface area contributed by atoms with E-state index in [2.05, 4.69) is 34.7 Å². The maximum Gasteiger partial charge on any atom is 0.251 e. The highest BCUT2D eigenvalue weighted by Crippen LogP contribution is 2.20. The molecule has 0 aliphatic carbocycles. The van der Waals surface area contributed by atoms with Crippen LogP contribution in [0, 0.1) is 6.92 Å². The van der Waals surface area contributed by atoms with E-state index in [1.54, 1.807) is 0 Å². The fourth-order valence-electron chi connectivity index (χ4n) is 4.19. The average Bonchev–Trinajstić information content (AvgIpc) is 3.23. The lowest BCUT2D eigenvalue weighted by Crippen LogP contribution is -2.25. The van der Waals surface area contributed by atoms with Crippen molar-refractivity contribution in [2.24, 2.45) is 0 Å². The van der Waals surface area contributed by atoms with Gasteiger partial charge in [0.15, 0.2) is 0 Å². The first-order valence-electron chi connectivity index (χ1n) is 12.3. The van der Waals surface area contributed by atoms with Crippen LogP contribution in [0.25, 0.3) is 11.0 Å². The van der Waals surface area contributed by atoms with Gasteiger partial charge in [0.05, 0.1) is 17.6 Å². The second-order valence-electron chi connectivity index (χ2n) is 8.70. The van der Waals surface area contributed by atoms with Gasteiger partial charge in [-0.05, 0) is 62.1 Å². The van der Waals surface area contributed by atoms with Gasteiger partial charge >= 0.3 is 0 Å². The number of rotatable bonds is 12. The summed E-state index contributed by atoms with van der Waals surface area (Å²) >= 11 is 0. The summed E-state index contributed by atoms with van der Waals surface area (Å²) in [6.45, 7) is 7.92. The van der Waals surface area contributed by atoms with Crippen LogP contribution in [0.15, 0.2) is 85.5 Å². The van der Waals surface area contributed by atoms with E-state index in [0.29, 0.717) is 18.7 Å². The number of imidazole rings is 1. The number of nitrogens with one attached hydrogen (secondary N) is 1. The Morgan fingerprint density at radius 3 is 2.63 bits per heavy atom. The second-order valence-corrected chi connectivity index (χ2v) is 8.70. The lowest BCUT2D eigenvalue weighted by molar-refractivity contribution is 0.0953. The number of hydrogen-bond donors (Lipinski definition) is 1. The van der Waals surface area contributed by atoms with Crippen molar-refractivity contribution in [1.82, 2.24) is 14.9 Å². The van der Waals surface area contributed by atoms with Crippen LogP contribution in [-0.2, 0) is 19.4 Å². The molecule has 0 saturated carbocycles. The average molecular weight is 468 g/mol. The zero-order valence-corrected chi connectivity index (χ0v) is 20.4. The number of carbonyl (C=O) groups is 1. The van der Waals surface area contributed by atoms with Crippen LogP contribution >= 0.6 is 0 Å². The number of nitrogens with zero attached hydrogens (tertiary/aromatic N) is 2. The molecule has 35 heavy (non-hydrogen) atoms. The first-order chi connectivity index (χ1) is 17.2. The van der Waals surface area contributed by atoms with Crippen molar-refractivity contribution in [2.45, 2.75) is 39.2 Å². The fourth-order valence-corrected chi connectivity index (χ4v) is 4.19. The third-order valence-corrected chi connectivity index (χ3v) is 6.03. The summed E-state index contributed by atoms with van der Waals surface area (Å²) in [5, 5.41) is 3.02. The number of hydrogen-bond acceptors (Lipinski definition) is 3. The van der Waals surface area contributed by atoms with Gasteiger partial charge in [-0.25, -0.2) is 4.98 Å². The van der Waals surface area contributed by atoms with Gasteiger partial charge < -0.3 is 14.6 Å². The van der Waals surface area contributed by atoms with Crippen molar-refractivity contribution >= 4 is 16.9 Å². The van der Waals surface area contributed by atoms with Crippen LogP contribution < -0.4 is 10.1 Å². The first-order valence-corrected chi connectivity index (χ1v) is 12.3. The minimum atomic E-state index is -0.0348. The minimum absolute atomic E-state index is 0.0348. The smallest absolute Gasteiger partial charge is 0.251 e. The highest BCUT2D eigenvalue weighted by atomic mass is 16.5. The summed E-state index contributed by atoms with van der Waals surface area (Å²) in [7, 11) is 0. The molecule has 0 atom stereocenters. The molecule has 0 unspecified atom stereocenters. The van der Waals surface area contributed by atoms with Gasteiger partial charge in [-0.3, -0.25) is 4.79 Å². The molecule has 0 spiro atoms. The highest BCUT2D eigenvalue weighted by Gasteiger charge is 2.11. The zero-order chi connectivity index (χ0) is 24.5. The number of ether oxygens (including phenoxy) is 1. The van der Waals surface area contributed by atoms with Gasteiger partial charge in [0.2, 0.25) is 0 Å². The Bertz CT molecular complexity index is 1270. The summed E-state index contributed by atoms with van der Waals surface area (Å²) in [6.07, 6.45) is 5.19. The molecule has 0 saturated heterocycles. The predicted octanol–water partition coefficient (Wildman–Crippen LogP) is 5.90. The number of fused-ring (bicyclic) bond motifs is 1. The Morgan fingerprint density at radius 2 is 1.80 bits per heavy atom. The topological polar surface area (TPSA) is 56.1 Å². The summed E-state index contributed by atoms with van der Waals surface area (Å²) in [4.78, 5) is 17.3. The molecular weight excluding hydrogens is 434 g/mol. The number of allylic oxidation sites excluding steroid dienone is 1. The van der Waals surface area contributed by atoms with E-state index in [4.69, 9.17) is 9.72 Å². The molecule has 0 aliphatic rings. The third kappa shape index (κ3) is 6.38. The highest BCUT2D eigenvalue weighted by molar-refractivity contribution is 5.94. The van der Waals surface area contributed by atoms with E-state index >= 15 is 0 Å². The van der Waals surface area contributed by atoms with Crippen molar-refractivity contribution < 1.29 is 9.53 Å². The Hall–Kier alpha value is -3.86. The summed E-state index contributed by atoms with van der Waals surface area (Å²) in [6, 6.07) is 24.0. The molecule has 3 aromatic carbocycles. The third-order valence-electron chi connectivity index (χ3n) is 6.03. The summed E-state index contributed by atoms with van der Waals surface area (Å²) in [5.74, 6) is 1.93. The molecule has 1 N–H and O–H groups in total. The lowest BCUT2D eigenvalue weighted by atomic mass is 10.1. The zero-order valence-electron chi connectivity index (χ0n) is 20.4. The van der Waals surface area contributed by atoms with E-state index in [9.17, 15) is 4.79 Å². The molecule has 5 heteroatoms. The van der Waals surface area contributed by atoms with Gasteiger partial charge in [-0.1, -0.05) is 54.1 Å². The maximum atomic E-state index is 12.4. The molecule has 0 aliphatic heterocycles. The van der Waals surface area contributed by atoms with Crippen molar-refractivity contribution in [3.05, 3.63) is 108 Å². The fraction of sp³-hybridized carbons (Fsp3) is 0.267. The Labute approximate surface area is 207 Å². The van der Waals surface area contributed by atoms with E-state index in [0.717, 1.165) is 66.0 Å². The van der Waals surface area contributed by atoms with Crippen LogP contribution in [0.5, 0.6) is 5.75 Å². The molecule has 0 bridgehead atoms. The predicted molar refractivity (Wildman–Crippen MR) is 142 cm³/mol. The van der Waals surface area contributed by atoms with E-state index in [1.165, 1.54) is 0 Å². The monoisotopic (exact) mass is 467 g/mol. The van der Waals surface area contributed by atoms with Crippen molar-refractivity contribution in [1.29, 1.82) is 0 Å². The molecule has 4 rings (SSSR count). The molecule has 1 aromatic heterocycles. The quantitative estimate of drug-likeness (QED) is 0.208. The standard InChI is InChI=1S/C30H33N3O2/c1-3-10-24-11-4-7-14-28(24)35-22-9-21-33-27-13-6-5-12-26(27)32-29(33)15-8-20-31-30(34)25-18-16-23(2)17-19-25/h3-7,11-14,16-19H,1,8-10,15,20-22H2,2H3,(H,31,34). The normalized spacial score (nSPS) is 10.9. The molecule has 1 heterocycles. The van der Waals surface area contributed by atoms with Gasteiger partial charge in [0.25, 0.3) is 5.91 Å². The van der Waals surface area contributed by atoms with E-state index in [-0.39, 0.29) is 5.91 Å². The Kier molecular flexibility index (Phi) is 8.34. The number of carbonyl (C=O) groups excluding carboxylic acids is 1. The van der Waals surface area contributed by atoms with Crippen molar-refractivity contribution in [3.8, 4) is 5.75 Å². The van der Waals surface area contributed by atoms with Crippen LogP contribution in [0.2, 0.25) is 0 Å². The lowest BCUT2D eigenvalue weighted by Gasteiger charge is -2.12. The van der Waals surface area contributed by atoms with E-state index in [1.807, 2.05) is 67.6 Å². The molecule has 4 aromatic rings.